The predicted molar refractivity (Wildman–Crippen MR) is 143 cm³/mol. The molecule has 5 rings (SSSR count). The van der Waals surface area contributed by atoms with Crippen molar-refractivity contribution in [2.24, 2.45) is 0 Å². The van der Waals surface area contributed by atoms with Gasteiger partial charge in [-0.2, -0.15) is 0 Å². The van der Waals surface area contributed by atoms with E-state index in [2.05, 4.69) is 32.5 Å². The molecule has 1 unspecified atom stereocenters. The van der Waals surface area contributed by atoms with Gasteiger partial charge in [-0.25, -0.2) is 14.4 Å². The number of rotatable bonds is 6. The Labute approximate surface area is 209 Å². The van der Waals surface area contributed by atoms with Gasteiger partial charge in [0.05, 0.1) is 16.6 Å². The molecule has 1 saturated heterocycles. The van der Waals surface area contributed by atoms with E-state index in [-0.39, 0.29) is 17.8 Å². The summed E-state index contributed by atoms with van der Waals surface area (Å²) in [5.41, 5.74) is 4.38. The van der Waals surface area contributed by atoms with Crippen molar-refractivity contribution in [3.05, 3.63) is 90.5 Å². The van der Waals surface area contributed by atoms with Gasteiger partial charge >= 0.3 is 0 Å². The van der Waals surface area contributed by atoms with Gasteiger partial charge in [0.25, 0.3) is 0 Å². The topological polar surface area (TPSA) is 70.2 Å². The molecular weight excluding hydrogens is 453 g/mol. The fourth-order valence-corrected chi connectivity index (χ4v) is 4.69. The zero-order chi connectivity index (χ0) is 25.1. The minimum absolute atomic E-state index is 0.205. The van der Waals surface area contributed by atoms with E-state index in [1.807, 2.05) is 49.4 Å². The van der Waals surface area contributed by atoms with Crippen molar-refractivity contribution in [2.75, 3.05) is 24.2 Å². The number of aryl methyl sites for hydroxylation is 1. The molecule has 0 spiro atoms. The second kappa shape index (κ2) is 10.3. The highest BCUT2D eigenvalue weighted by atomic mass is 19.1. The summed E-state index contributed by atoms with van der Waals surface area (Å²) in [6.07, 6.45) is 7.20. The van der Waals surface area contributed by atoms with Gasteiger partial charge in [-0.1, -0.05) is 48.0 Å². The zero-order valence-corrected chi connectivity index (χ0v) is 20.3. The number of carbonyl (C=O) groups is 1. The van der Waals surface area contributed by atoms with Crippen LogP contribution >= 0.6 is 0 Å². The minimum atomic E-state index is -0.382. The number of hydrogen-bond donors (Lipinski definition) is 2. The average molecular weight is 482 g/mol. The fourth-order valence-electron chi connectivity index (χ4n) is 4.69. The standard InChI is InChI=1S/C29H28FN5O/c1-19-7-5-8-20(17-19)27-25(33-26(36)15-12-21-9-6-16-35(21)2)14-13-24-28(27)29(32-18-31-24)34-23-11-4-3-10-22(23)30/h3-5,7-8,10-15,17-18,21H,6,9,16H2,1-2H3,(H,33,36)(H,31,32,34)/b15-12+. The van der Waals surface area contributed by atoms with Crippen molar-refractivity contribution in [3.8, 4) is 11.1 Å². The molecule has 0 radical (unpaired) electrons. The van der Waals surface area contributed by atoms with E-state index in [1.54, 1.807) is 24.3 Å². The molecule has 0 bridgehead atoms. The lowest BCUT2D eigenvalue weighted by molar-refractivity contribution is -0.111. The third-order valence-corrected chi connectivity index (χ3v) is 6.54. The first-order valence-corrected chi connectivity index (χ1v) is 12.1. The van der Waals surface area contributed by atoms with Crippen LogP contribution in [0.15, 0.2) is 79.1 Å². The van der Waals surface area contributed by atoms with Gasteiger partial charge < -0.3 is 10.6 Å². The Bertz CT molecular complexity index is 1450. The number of halogens is 1. The molecule has 1 aliphatic rings. The van der Waals surface area contributed by atoms with Crippen molar-refractivity contribution >= 4 is 34.0 Å². The van der Waals surface area contributed by atoms with Gasteiger partial charge in [-0.3, -0.25) is 9.69 Å². The van der Waals surface area contributed by atoms with Crippen LogP contribution in [0.25, 0.3) is 22.0 Å². The zero-order valence-electron chi connectivity index (χ0n) is 20.3. The molecule has 4 aromatic rings. The van der Waals surface area contributed by atoms with Gasteiger partial charge in [0, 0.05) is 23.4 Å². The molecule has 36 heavy (non-hydrogen) atoms. The number of fused-ring (bicyclic) bond motifs is 1. The number of carbonyl (C=O) groups excluding carboxylic acids is 1. The molecule has 1 amide bonds. The monoisotopic (exact) mass is 481 g/mol. The first-order valence-electron chi connectivity index (χ1n) is 12.1. The fraction of sp³-hybridized carbons (Fsp3) is 0.207. The number of nitrogens with zero attached hydrogens (tertiary/aromatic N) is 3. The molecule has 182 valence electrons. The Hall–Kier alpha value is -4.10. The number of benzene rings is 3. The first-order chi connectivity index (χ1) is 17.5. The van der Waals surface area contributed by atoms with Crippen LogP contribution < -0.4 is 10.6 Å². The summed E-state index contributed by atoms with van der Waals surface area (Å²) in [5.74, 6) is -0.127. The van der Waals surface area contributed by atoms with Crippen LogP contribution in [0.3, 0.4) is 0 Å². The molecular formula is C29H28FN5O. The molecule has 1 aliphatic heterocycles. The molecule has 0 aliphatic carbocycles. The lowest BCUT2D eigenvalue weighted by Gasteiger charge is -2.17. The lowest BCUT2D eigenvalue weighted by Crippen LogP contribution is -2.23. The number of nitrogens with one attached hydrogen (secondary N) is 2. The molecule has 3 aromatic carbocycles. The number of amides is 1. The second-order valence-corrected chi connectivity index (χ2v) is 9.12. The van der Waals surface area contributed by atoms with E-state index >= 15 is 0 Å². The van der Waals surface area contributed by atoms with Crippen LogP contribution in [0.1, 0.15) is 18.4 Å². The average Bonchev–Trinajstić information content (AvgIpc) is 3.29. The summed E-state index contributed by atoms with van der Waals surface area (Å²) in [6.45, 7) is 3.05. The number of para-hydroxylation sites is 1. The molecule has 1 atom stereocenters. The van der Waals surface area contributed by atoms with Crippen LogP contribution in [0.2, 0.25) is 0 Å². The summed E-state index contributed by atoms with van der Waals surface area (Å²) in [7, 11) is 2.07. The van der Waals surface area contributed by atoms with Crippen molar-refractivity contribution in [1.29, 1.82) is 0 Å². The summed E-state index contributed by atoms with van der Waals surface area (Å²) < 4.78 is 14.5. The molecule has 0 saturated carbocycles. The van der Waals surface area contributed by atoms with Crippen LogP contribution in [0.5, 0.6) is 0 Å². The van der Waals surface area contributed by atoms with Crippen molar-refractivity contribution in [3.63, 3.8) is 0 Å². The molecule has 1 fully saturated rings. The Morgan fingerprint density at radius 3 is 2.72 bits per heavy atom. The molecule has 6 nitrogen and oxygen atoms in total. The molecule has 1 aromatic heterocycles. The summed E-state index contributed by atoms with van der Waals surface area (Å²) in [5, 5.41) is 6.89. The van der Waals surface area contributed by atoms with Crippen LogP contribution in [-0.2, 0) is 4.79 Å². The van der Waals surface area contributed by atoms with E-state index < -0.39 is 0 Å². The van der Waals surface area contributed by atoms with Crippen LogP contribution in [0.4, 0.5) is 21.6 Å². The quantitative estimate of drug-likeness (QED) is 0.327. The van der Waals surface area contributed by atoms with E-state index in [1.165, 1.54) is 12.4 Å². The van der Waals surface area contributed by atoms with Gasteiger partial charge in [0.1, 0.15) is 18.0 Å². The van der Waals surface area contributed by atoms with Crippen molar-refractivity contribution in [2.45, 2.75) is 25.8 Å². The van der Waals surface area contributed by atoms with E-state index in [9.17, 15) is 9.18 Å². The number of anilines is 3. The maximum absolute atomic E-state index is 14.5. The van der Waals surface area contributed by atoms with Gasteiger partial charge in [0.2, 0.25) is 5.91 Å². The molecule has 2 heterocycles. The number of hydrogen-bond acceptors (Lipinski definition) is 5. The van der Waals surface area contributed by atoms with E-state index in [0.29, 0.717) is 28.1 Å². The molecule has 2 N–H and O–H groups in total. The van der Waals surface area contributed by atoms with Gasteiger partial charge in [-0.15, -0.1) is 0 Å². The smallest absolute Gasteiger partial charge is 0.248 e. The normalized spacial score (nSPS) is 16.0. The highest BCUT2D eigenvalue weighted by Crippen LogP contribution is 2.39. The van der Waals surface area contributed by atoms with Crippen molar-refractivity contribution in [1.82, 2.24) is 14.9 Å². The third-order valence-electron chi connectivity index (χ3n) is 6.54. The van der Waals surface area contributed by atoms with E-state index in [4.69, 9.17) is 0 Å². The SMILES string of the molecule is Cc1cccc(-c2c(NC(=O)/C=C/C3CCCN3C)ccc3ncnc(Nc4ccccc4F)c23)c1. The largest absolute Gasteiger partial charge is 0.337 e. The highest BCUT2D eigenvalue weighted by Gasteiger charge is 2.20. The first kappa shape index (κ1) is 23.6. The summed E-state index contributed by atoms with van der Waals surface area (Å²) in [4.78, 5) is 24.1. The summed E-state index contributed by atoms with van der Waals surface area (Å²) in [6, 6.07) is 18.4. The highest BCUT2D eigenvalue weighted by molar-refractivity contribution is 6.11. The Morgan fingerprint density at radius 2 is 1.94 bits per heavy atom. The number of likely N-dealkylation sites (N-methyl/N-ethyl adjacent to an activating group) is 1. The Morgan fingerprint density at radius 1 is 1.08 bits per heavy atom. The Balaban J connectivity index is 1.60. The number of likely N-dealkylation sites (tertiary alicyclic amines) is 1. The third kappa shape index (κ3) is 4.97. The maximum Gasteiger partial charge on any atom is 0.248 e. The van der Waals surface area contributed by atoms with Crippen molar-refractivity contribution < 1.29 is 9.18 Å². The lowest BCUT2D eigenvalue weighted by atomic mass is 9.97. The van der Waals surface area contributed by atoms with Crippen LogP contribution in [0, 0.1) is 12.7 Å². The maximum atomic E-state index is 14.5. The van der Waals surface area contributed by atoms with Crippen LogP contribution in [-0.4, -0.2) is 40.4 Å². The molecule has 7 heteroatoms. The second-order valence-electron chi connectivity index (χ2n) is 9.12. The van der Waals surface area contributed by atoms with E-state index in [0.717, 1.165) is 36.1 Å². The van der Waals surface area contributed by atoms with Gasteiger partial charge in [-0.05, 0) is 63.2 Å². The minimum Gasteiger partial charge on any atom is -0.337 e. The van der Waals surface area contributed by atoms with Gasteiger partial charge in [0.15, 0.2) is 0 Å². The predicted octanol–water partition coefficient (Wildman–Crippen LogP) is 6.08. The number of aromatic nitrogens is 2. The Kier molecular flexibility index (Phi) is 6.73. The summed E-state index contributed by atoms with van der Waals surface area (Å²) >= 11 is 0.